The number of carbonyl (C=O) groups is 1. The molecule has 0 saturated heterocycles. The average molecular weight is 186 g/mol. The van der Waals surface area contributed by atoms with Gasteiger partial charge in [-0.25, -0.2) is 4.79 Å². The van der Waals surface area contributed by atoms with Crippen LogP contribution in [0.15, 0.2) is 12.7 Å². The summed E-state index contributed by atoms with van der Waals surface area (Å²) in [5.41, 5.74) is 0. The second kappa shape index (κ2) is 7.80. The van der Waals surface area contributed by atoms with E-state index in [0.717, 1.165) is 25.3 Å². The zero-order chi connectivity index (χ0) is 10.1. The molecule has 1 atom stereocenters. The number of unbranched alkanes of at least 4 members (excludes halogenated alkanes) is 1. The number of esters is 1. The number of rotatable bonds is 7. The van der Waals surface area contributed by atoms with Crippen molar-refractivity contribution in [2.75, 3.05) is 13.2 Å². The standard InChI is InChI=1S/C10H18O3/c1-3-10(12)13-7-5-4-6-9(2)8-11/h3,9,11H,1,4-8H2,2H3. The number of ether oxygens (including phenoxy) is 1. The van der Waals surface area contributed by atoms with E-state index in [-0.39, 0.29) is 12.6 Å². The molecule has 0 rings (SSSR count). The second-order valence-electron chi connectivity index (χ2n) is 3.16. The van der Waals surface area contributed by atoms with Crippen LogP contribution in [-0.2, 0) is 9.53 Å². The average Bonchev–Trinajstić information content (AvgIpc) is 2.16. The molecule has 0 spiro atoms. The van der Waals surface area contributed by atoms with Crippen LogP contribution in [0.2, 0.25) is 0 Å². The van der Waals surface area contributed by atoms with Crippen LogP contribution in [0.3, 0.4) is 0 Å². The fourth-order valence-corrected chi connectivity index (χ4v) is 0.918. The first-order valence-corrected chi connectivity index (χ1v) is 4.60. The van der Waals surface area contributed by atoms with Crippen LogP contribution >= 0.6 is 0 Å². The molecule has 3 nitrogen and oxygen atoms in total. The topological polar surface area (TPSA) is 46.5 Å². The summed E-state index contributed by atoms with van der Waals surface area (Å²) in [6, 6.07) is 0. The Hall–Kier alpha value is -0.830. The van der Waals surface area contributed by atoms with Gasteiger partial charge in [0.2, 0.25) is 0 Å². The molecule has 1 N–H and O–H groups in total. The largest absolute Gasteiger partial charge is 0.463 e. The molecule has 0 fully saturated rings. The first-order chi connectivity index (χ1) is 6.20. The monoisotopic (exact) mass is 186 g/mol. The summed E-state index contributed by atoms with van der Waals surface area (Å²) in [6.45, 7) is 5.97. The Bertz CT molecular complexity index is 154. The van der Waals surface area contributed by atoms with Crippen molar-refractivity contribution in [3.05, 3.63) is 12.7 Å². The molecule has 0 bridgehead atoms. The minimum absolute atomic E-state index is 0.229. The Morgan fingerprint density at radius 2 is 2.31 bits per heavy atom. The lowest BCUT2D eigenvalue weighted by Gasteiger charge is -2.06. The number of aliphatic hydroxyl groups excluding tert-OH is 1. The zero-order valence-electron chi connectivity index (χ0n) is 8.16. The minimum atomic E-state index is -0.366. The number of aliphatic hydroxyl groups is 1. The molecule has 0 aliphatic carbocycles. The summed E-state index contributed by atoms with van der Waals surface area (Å²) in [5.74, 6) is -0.0229. The predicted molar refractivity (Wildman–Crippen MR) is 51.3 cm³/mol. The van der Waals surface area contributed by atoms with E-state index in [2.05, 4.69) is 6.58 Å². The molecule has 0 amide bonds. The first-order valence-electron chi connectivity index (χ1n) is 4.60. The van der Waals surface area contributed by atoms with Gasteiger partial charge in [-0.05, 0) is 25.2 Å². The van der Waals surface area contributed by atoms with Crippen LogP contribution < -0.4 is 0 Å². The van der Waals surface area contributed by atoms with Crippen molar-refractivity contribution < 1.29 is 14.6 Å². The van der Waals surface area contributed by atoms with Gasteiger partial charge in [-0.3, -0.25) is 0 Å². The van der Waals surface area contributed by atoms with Crippen molar-refractivity contribution in [3.8, 4) is 0 Å². The van der Waals surface area contributed by atoms with E-state index in [0.29, 0.717) is 12.5 Å². The lowest BCUT2D eigenvalue weighted by atomic mass is 10.1. The molecular weight excluding hydrogens is 168 g/mol. The molecule has 0 aromatic rings. The highest BCUT2D eigenvalue weighted by molar-refractivity contribution is 5.81. The van der Waals surface area contributed by atoms with Gasteiger partial charge in [0.25, 0.3) is 0 Å². The maximum absolute atomic E-state index is 10.6. The number of hydrogen-bond acceptors (Lipinski definition) is 3. The molecule has 76 valence electrons. The molecule has 0 heterocycles. The van der Waals surface area contributed by atoms with E-state index < -0.39 is 0 Å². The highest BCUT2D eigenvalue weighted by Crippen LogP contribution is 2.06. The summed E-state index contributed by atoms with van der Waals surface area (Å²) in [4.78, 5) is 10.6. The highest BCUT2D eigenvalue weighted by atomic mass is 16.5. The van der Waals surface area contributed by atoms with Gasteiger partial charge in [-0.2, -0.15) is 0 Å². The van der Waals surface area contributed by atoms with Gasteiger partial charge in [-0.1, -0.05) is 13.5 Å². The molecule has 0 aliphatic heterocycles. The van der Waals surface area contributed by atoms with Gasteiger partial charge in [-0.15, -0.1) is 0 Å². The van der Waals surface area contributed by atoms with E-state index in [9.17, 15) is 4.79 Å². The van der Waals surface area contributed by atoms with Crippen LogP contribution in [0.25, 0.3) is 0 Å². The van der Waals surface area contributed by atoms with Crippen molar-refractivity contribution in [1.29, 1.82) is 0 Å². The Morgan fingerprint density at radius 1 is 1.62 bits per heavy atom. The molecule has 0 radical (unpaired) electrons. The predicted octanol–water partition coefficient (Wildman–Crippen LogP) is 1.51. The van der Waals surface area contributed by atoms with Gasteiger partial charge in [0.1, 0.15) is 0 Å². The molecule has 0 aliphatic rings. The van der Waals surface area contributed by atoms with Crippen molar-refractivity contribution >= 4 is 5.97 Å². The maximum Gasteiger partial charge on any atom is 0.330 e. The van der Waals surface area contributed by atoms with Crippen molar-refractivity contribution in [1.82, 2.24) is 0 Å². The molecule has 0 aromatic heterocycles. The Morgan fingerprint density at radius 3 is 2.85 bits per heavy atom. The first kappa shape index (κ1) is 12.2. The summed E-state index contributed by atoms with van der Waals surface area (Å²) in [5, 5.41) is 8.72. The quantitative estimate of drug-likeness (QED) is 0.372. The van der Waals surface area contributed by atoms with Crippen LogP contribution in [0.4, 0.5) is 0 Å². The van der Waals surface area contributed by atoms with Crippen LogP contribution in [0.1, 0.15) is 26.2 Å². The van der Waals surface area contributed by atoms with Crippen LogP contribution in [0, 0.1) is 5.92 Å². The lowest BCUT2D eigenvalue weighted by molar-refractivity contribution is -0.137. The SMILES string of the molecule is C=CC(=O)OCCCCC(C)CO. The van der Waals surface area contributed by atoms with Crippen molar-refractivity contribution in [2.24, 2.45) is 5.92 Å². The molecule has 3 heteroatoms. The van der Waals surface area contributed by atoms with Gasteiger partial charge in [0.15, 0.2) is 0 Å². The van der Waals surface area contributed by atoms with Crippen molar-refractivity contribution in [2.45, 2.75) is 26.2 Å². The van der Waals surface area contributed by atoms with Crippen LogP contribution in [0.5, 0.6) is 0 Å². The molecular formula is C10H18O3. The van der Waals surface area contributed by atoms with E-state index >= 15 is 0 Å². The smallest absolute Gasteiger partial charge is 0.330 e. The van der Waals surface area contributed by atoms with E-state index in [1.54, 1.807) is 0 Å². The third-order valence-corrected chi connectivity index (χ3v) is 1.81. The summed E-state index contributed by atoms with van der Waals surface area (Å²) >= 11 is 0. The summed E-state index contributed by atoms with van der Waals surface area (Å²) in [6.07, 6.45) is 3.97. The van der Waals surface area contributed by atoms with E-state index in [4.69, 9.17) is 9.84 Å². The Kier molecular flexibility index (Phi) is 7.30. The highest BCUT2D eigenvalue weighted by Gasteiger charge is 2.00. The third-order valence-electron chi connectivity index (χ3n) is 1.81. The van der Waals surface area contributed by atoms with Crippen molar-refractivity contribution in [3.63, 3.8) is 0 Å². The fraction of sp³-hybridized carbons (Fsp3) is 0.700. The van der Waals surface area contributed by atoms with Gasteiger partial charge in [0, 0.05) is 12.7 Å². The normalized spacial score (nSPS) is 12.2. The summed E-state index contributed by atoms with van der Waals surface area (Å²) in [7, 11) is 0. The Balaban J connectivity index is 3.17. The van der Waals surface area contributed by atoms with E-state index in [1.807, 2.05) is 6.92 Å². The zero-order valence-corrected chi connectivity index (χ0v) is 8.16. The van der Waals surface area contributed by atoms with Gasteiger partial charge >= 0.3 is 5.97 Å². The molecule has 1 unspecified atom stereocenters. The fourth-order valence-electron chi connectivity index (χ4n) is 0.918. The number of carbonyl (C=O) groups excluding carboxylic acids is 1. The van der Waals surface area contributed by atoms with Crippen LogP contribution in [-0.4, -0.2) is 24.3 Å². The molecule has 0 aromatic carbocycles. The molecule has 0 saturated carbocycles. The summed E-state index contributed by atoms with van der Waals surface area (Å²) < 4.78 is 4.79. The third kappa shape index (κ3) is 7.53. The van der Waals surface area contributed by atoms with Gasteiger partial charge in [0.05, 0.1) is 6.61 Å². The molecule has 13 heavy (non-hydrogen) atoms. The second-order valence-corrected chi connectivity index (χ2v) is 3.16. The van der Waals surface area contributed by atoms with E-state index in [1.165, 1.54) is 0 Å². The lowest BCUT2D eigenvalue weighted by Crippen LogP contribution is -2.04. The number of hydrogen-bond donors (Lipinski definition) is 1. The maximum atomic E-state index is 10.6. The minimum Gasteiger partial charge on any atom is -0.463 e. The Labute approximate surface area is 79.4 Å². The van der Waals surface area contributed by atoms with Gasteiger partial charge < -0.3 is 9.84 Å².